The average Bonchev–Trinajstić information content (AvgIpc) is 3.16. The maximum atomic E-state index is 12.4. The number of aromatic nitrogens is 2. The van der Waals surface area contributed by atoms with Crippen molar-refractivity contribution in [3.63, 3.8) is 0 Å². The molecule has 0 spiro atoms. The maximum Gasteiger partial charge on any atom is 0.323 e. The standard InChI is InChI=1S/C25H25ClN4O2/c1-4-7-18(9-6-15-32-3)23-17-27-30(2)24(23)19-8-5-10-22(16-19)29-25(31)28-21-13-11-20(26)12-14-21/h4-14,16-17H,1,15H2,2-3H3,(H2,28,29,31)/b9-6-,18-7+. The van der Waals surface area contributed by atoms with Crippen LogP contribution in [0.15, 0.2) is 85.6 Å². The molecule has 3 aromatic rings. The number of rotatable bonds is 8. The van der Waals surface area contributed by atoms with Crippen molar-refractivity contribution in [3.05, 3.63) is 96.2 Å². The second-order valence-corrected chi connectivity index (χ2v) is 7.35. The van der Waals surface area contributed by atoms with Crippen molar-refractivity contribution in [2.24, 2.45) is 7.05 Å². The lowest BCUT2D eigenvalue weighted by Gasteiger charge is -2.11. The highest BCUT2D eigenvalue weighted by atomic mass is 35.5. The van der Waals surface area contributed by atoms with Crippen LogP contribution in [-0.4, -0.2) is 29.5 Å². The summed E-state index contributed by atoms with van der Waals surface area (Å²) in [6.07, 6.45) is 9.39. The van der Waals surface area contributed by atoms with Crippen molar-refractivity contribution < 1.29 is 9.53 Å². The molecule has 0 saturated carbocycles. The molecule has 6 nitrogen and oxygen atoms in total. The van der Waals surface area contributed by atoms with E-state index in [9.17, 15) is 4.79 Å². The van der Waals surface area contributed by atoms with Gasteiger partial charge in [0.05, 0.1) is 18.5 Å². The topological polar surface area (TPSA) is 68.2 Å². The zero-order valence-electron chi connectivity index (χ0n) is 18.0. The van der Waals surface area contributed by atoms with Gasteiger partial charge in [0.1, 0.15) is 0 Å². The SMILES string of the molecule is C=C/C=C(\C=C/COC)c1cnn(C)c1-c1cccc(NC(=O)Nc2ccc(Cl)cc2)c1. The molecule has 0 radical (unpaired) electrons. The van der Waals surface area contributed by atoms with Crippen molar-refractivity contribution in [1.29, 1.82) is 0 Å². The van der Waals surface area contributed by atoms with Crippen LogP contribution in [0.4, 0.5) is 16.2 Å². The van der Waals surface area contributed by atoms with Crippen LogP contribution >= 0.6 is 11.6 Å². The van der Waals surface area contributed by atoms with Crippen LogP contribution in [-0.2, 0) is 11.8 Å². The molecule has 0 saturated heterocycles. The van der Waals surface area contributed by atoms with E-state index in [-0.39, 0.29) is 6.03 Å². The molecule has 2 N–H and O–H groups in total. The fraction of sp³-hybridized carbons (Fsp3) is 0.120. The molecule has 0 unspecified atom stereocenters. The third-order valence-corrected chi connectivity index (χ3v) is 4.86. The van der Waals surface area contributed by atoms with Gasteiger partial charge in [-0.05, 0) is 42.0 Å². The minimum absolute atomic E-state index is 0.343. The van der Waals surface area contributed by atoms with Gasteiger partial charge in [0.2, 0.25) is 0 Å². The second kappa shape index (κ2) is 11.1. The van der Waals surface area contributed by atoms with Gasteiger partial charge in [-0.2, -0.15) is 5.10 Å². The van der Waals surface area contributed by atoms with Crippen molar-refractivity contribution in [2.75, 3.05) is 24.4 Å². The van der Waals surface area contributed by atoms with Crippen molar-refractivity contribution in [3.8, 4) is 11.3 Å². The molecule has 2 amide bonds. The number of aryl methyl sites for hydroxylation is 1. The monoisotopic (exact) mass is 448 g/mol. The third kappa shape index (κ3) is 5.97. The summed E-state index contributed by atoms with van der Waals surface area (Å²) in [5, 5.41) is 10.7. The number of ether oxygens (including phenoxy) is 1. The van der Waals surface area contributed by atoms with Crippen molar-refractivity contribution >= 4 is 34.6 Å². The first kappa shape index (κ1) is 23.1. The van der Waals surface area contributed by atoms with Crippen LogP contribution in [0.25, 0.3) is 16.8 Å². The van der Waals surface area contributed by atoms with Gasteiger partial charge in [0.25, 0.3) is 0 Å². The largest absolute Gasteiger partial charge is 0.381 e. The first-order valence-electron chi connectivity index (χ1n) is 9.96. The van der Waals surface area contributed by atoms with Crippen LogP contribution in [0.5, 0.6) is 0 Å². The molecule has 0 aliphatic carbocycles. The van der Waals surface area contributed by atoms with Gasteiger partial charge in [0.15, 0.2) is 0 Å². The minimum atomic E-state index is -0.343. The van der Waals surface area contributed by atoms with Gasteiger partial charge in [-0.1, -0.05) is 54.6 Å². The first-order valence-corrected chi connectivity index (χ1v) is 10.3. The van der Waals surface area contributed by atoms with E-state index in [1.165, 1.54) is 0 Å². The zero-order valence-corrected chi connectivity index (χ0v) is 18.8. The van der Waals surface area contributed by atoms with Crippen LogP contribution in [0.1, 0.15) is 5.56 Å². The fourth-order valence-electron chi connectivity index (χ4n) is 3.20. The van der Waals surface area contributed by atoms with Gasteiger partial charge in [-0.25, -0.2) is 4.79 Å². The molecule has 0 aliphatic heterocycles. The van der Waals surface area contributed by atoms with Crippen LogP contribution in [0.3, 0.4) is 0 Å². The predicted octanol–water partition coefficient (Wildman–Crippen LogP) is 6.16. The lowest BCUT2D eigenvalue weighted by Crippen LogP contribution is -2.19. The molecule has 0 atom stereocenters. The number of anilines is 2. The molecule has 2 aromatic carbocycles. The summed E-state index contributed by atoms with van der Waals surface area (Å²) >= 11 is 5.89. The number of halogens is 1. The third-order valence-electron chi connectivity index (χ3n) is 4.60. The van der Waals surface area contributed by atoms with Crippen molar-refractivity contribution in [1.82, 2.24) is 9.78 Å². The van der Waals surface area contributed by atoms with E-state index in [1.807, 2.05) is 60.4 Å². The molecule has 0 fully saturated rings. The summed E-state index contributed by atoms with van der Waals surface area (Å²) in [4.78, 5) is 12.4. The second-order valence-electron chi connectivity index (χ2n) is 6.91. The number of hydrogen-bond acceptors (Lipinski definition) is 3. The number of allylic oxidation sites excluding steroid dienone is 4. The van der Waals surface area contributed by atoms with E-state index in [1.54, 1.807) is 37.5 Å². The van der Waals surface area contributed by atoms with Gasteiger partial charge in [-0.15, -0.1) is 0 Å². The maximum absolute atomic E-state index is 12.4. The predicted molar refractivity (Wildman–Crippen MR) is 132 cm³/mol. The van der Waals surface area contributed by atoms with E-state index in [2.05, 4.69) is 22.3 Å². The Kier molecular flexibility index (Phi) is 8.02. The smallest absolute Gasteiger partial charge is 0.323 e. The molecule has 3 rings (SSSR count). The number of carbonyl (C=O) groups excluding carboxylic acids is 1. The number of carbonyl (C=O) groups is 1. The van der Waals surface area contributed by atoms with Gasteiger partial charge in [-0.3, -0.25) is 4.68 Å². The molecule has 0 bridgehead atoms. The highest BCUT2D eigenvalue weighted by molar-refractivity contribution is 6.30. The number of nitrogens with one attached hydrogen (secondary N) is 2. The molecule has 1 aromatic heterocycles. The summed E-state index contributed by atoms with van der Waals surface area (Å²) in [7, 11) is 3.54. The number of hydrogen-bond donors (Lipinski definition) is 2. The number of amides is 2. The van der Waals surface area contributed by atoms with E-state index < -0.39 is 0 Å². The Morgan fingerprint density at radius 2 is 1.94 bits per heavy atom. The fourth-order valence-corrected chi connectivity index (χ4v) is 3.32. The van der Waals surface area contributed by atoms with Crippen LogP contribution in [0.2, 0.25) is 5.02 Å². The number of methoxy groups -OCH3 is 1. The van der Waals surface area contributed by atoms with Crippen molar-refractivity contribution in [2.45, 2.75) is 0 Å². The lowest BCUT2D eigenvalue weighted by molar-refractivity contribution is 0.234. The average molecular weight is 449 g/mol. The highest BCUT2D eigenvalue weighted by Crippen LogP contribution is 2.31. The summed E-state index contributed by atoms with van der Waals surface area (Å²) in [5.41, 5.74) is 5.05. The lowest BCUT2D eigenvalue weighted by atomic mass is 10.0. The van der Waals surface area contributed by atoms with E-state index in [4.69, 9.17) is 16.3 Å². The molecule has 7 heteroatoms. The van der Waals surface area contributed by atoms with E-state index in [0.29, 0.717) is 23.0 Å². The van der Waals surface area contributed by atoms with E-state index >= 15 is 0 Å². The Hall–Kier alpha value is -3.61. The number of urea groups is 1. The Balaban J connectivity index is 1.85. The minimum Gasteiger partial charge on any atom is -0.381 e. The van der Waals surface area contributed by atoms with Gasteiger partial charge >= 0.3 is 6.03 Å². The summed E-state index contributed by atoms with van der Waals surface area (Å²) in [6.45, 7) is 4.33. The molecule has 32 heavy (non-hydrogen) atoms. The molecule has 164 valence electrons. The number of benzene rings is 2. The zero-order chi connectivity index (χ0) is 22.9. The summed E-state index contributed by atoms with van der Waals surface area (Å²) < 4.78 is 6.92. The summed E-state index contributed by atoms with van der Waals surface area (Å²) in [6, 6.07) is 14.2. The normalized spacial score (nSPS) is 11.5. The quantitative estimate of drug-likeness (QED) is 0.405. The molecular weight excluding hydrogens is 424 g/mol. The highest BCUT2D eigenvalue weighted by Gasteiger charge is 2.14. The number of nitrogens with zero attached hydrogens (tertiary/aromatic N) is 2. The van der Waals surface area contributed by atoms with E-state index in [0.717, 1.165) is 22.4 Å². The first-order chi connectivity index (χ1) is 15.5. The van der Waals surface area contributed by atoms with Crippen LogP contribution in [0, 0.1) is 0 Å². The molecule has 0 aliphatic rings. The Morgan fingerprint density at radius 1 is 1.19 bits per heavy atom. The van der Waals surface area contributed by atoms with Crippen LogP contribution < -0.4 is 10.6 Å². The Morgan fingerprint density at radius 3 is 2.66 bits per heavy atom. The van der Waals surface area contributed by atoms with Gasteiger partial charge < -0.3 is 15.4 Å². The Labute approximate surface area is 192 Å². The molecular formula is C25H25ClN4O2. The molecule has 1 heterocycles. The Bertz CT molecular complexity index is 1150. The summed E-state index contributed by atoms with van der Waals surface area (Å²) in [5.74, 6) is 0. The van der Waals surface area contributed by atoms with Gasteiger partial charge in [0, 0.05) is 41.7 Å².